The second kappa shape index (κ2) is 3.77. The van der Waals surface area contributed by atoms with E-state index in [9.17, 15) is 8.78 Å². The number of benzene rings is 1. The molecule has 0 radical (unpaired) electrons. The largest absolute Gasteiger partial charge is 0.365 e. The van der Waals surface area contributed by atoms with Gasteiger partial charge in [-0.15, -0.1) is 0 Å². The van der Waals surface area contributed by atoms with Crippen LogP contribution in [0.3, 0.4) is 0 Å². The maximum absolute atomic E-state index is 13.1. The van der Waals surface area contributed by atoms with Gasteiger partial charge in [-0.25, -0.2) is 8.78 Å². The molecule has 0 atom stereocenters. The number of hydrogen-bond acceptors (Lipinski definition) is 2. The zero-order valence-corrected chi connectivity index (χ0v) is 8.42. The monoisotopic (exact) mass is 212 g/mol. The number of nitrogens with two attached hydrogens (primary N) is 1. The normalized spacial score (nSPS) is 15.5. The Labute approximate surface area is 87.7 Å². The standard InChI is InChI=1S/C11H14F2N2/c12-11(13,7-14)8-15-6-5-9-3-1-2-4-10(9)15/h1-4H,5-8,14H2. The van der Waals surface area contributed by atoms with Crippen molar-refractivity contribution < 1.29 is 8.78 Å². The van der Waals surface area contributed by atoms with E-state index in [1.165, 1.54) is 0 Å². The third-order valence-corrected chi connectivity index (χ3v) is 2.70. The predicted molar refractivity (Wildman–Crippen MR) is 56.4 cm³/mol. The van der Waals surface area contributed by atoms with Gasteiger partial charge >= 0.3 is 0 Å². The molecule has 2 N–H and O–H groups in total. The van der Waals surface area contributed by atoms with Crippen LogP contribution in [0.5, 0.6) is 0 Å². The first kappa shape index (κ1) is 10.4. The van der Waals surface area contributed by atoms with E-state index in [2.05, 4.69) is 0 Å². The summed E-state index contributed by atoms with van der Waals surface area (Å²) in [5.41, 5.74) is 7.09. The van der Waals surface area contributed by atoms with Crippen LogP contribution in [0.25, 0.3) is 0 Å². The minimum atomic E-state index is -2.79. The van der Waals surface area contributed by atoms with Crippen LogP contribution in [0.4, 0.5) is 14.5 Å². The average molecular weight is 212 g/mol. The summed E-state index contributed by atoms with van der Waals surface area (Å²) in [5, 5.41) is 0. The van der Waals surface area contributed by atoms with Crippen molar-refractivity contribution in [3.63, 3.8) is 0 Å². The summed E-state index contributed by atoms with van der Waals surface area (Å²) in [7, 11) is 0. The first-order chi connectivity index (χ1) is 7.12. The highest BCUT2D eigenvalue weighted by Gasteiger charge is 2.32. The molecular formula is C11H14F2N2. The van der Waals surface area contributed by atoms with Crippen LogP contribution >= 0.6 is 0 Å². The minimum Gasteiger partial charge on any atom is -0.365 e. The Bertz CT molecular complexity index is 352. The van der Waals surface area contributed by atoms with Gasteiger partial charge in [0.25, 0.3) is 5.92 Å². The van der Waals surface area contributed by atoms with Gasteiger partial charge < -0.3 is 10.6 Å². The van der Waals surface area contributed by atoms with Gasteiger partial charge in [0.15, 0.2) is 0 Å². The fourth-order valence-corrected chi connectivity index (χ4v) is 1.91. The fourth-order valence-electron chi connectivity index (χ4n) is 1.91. The van der Waals surface area contributed by atoms with Gasteiger partial charge in [0.1, 0.15) is 0 Å². The van der Waals surface area contributed by atoms with Gasteiger partial charge in [0.05, 0.1) is 13.1 Å². The molecule has 0 saturated heterocycles. The number of para-hydroxylation sites is 1. The first-order valence-corrected chi connectivity index (χ1v) is 5.03. The molecule has 0 aliphatic carbocycles. The molecule has 4 heteroatoms. The van der Waals surface area contributed by atoms with Crippen molar-refractivity contribution in [2.24, 2.45) is 5.73 Å². The van der Waals surface area contributed by atoms with Gasteiger partial charge in [-0.1, -0.05) is 18.2 Å². The molecule has 1 heterocycles. The number of hydrogen-bond donors (Lipinski definition) is 1. The van der Waals surface area contributed by atoms with Crippen molar-refractivity contribution in [3.05, 3.63) is 29.8 Å². The van der Waals surface area contributed by atoms with E-state index in [0.29, 0.717) is 6.54 Å². The third kappa shape index (κ3) is 2.09. The van der Waals surface area contributed by atoms with Crippen LogP contribution < -0.4 is 10.6 Å². The van der Waals surface area contributed by atoms with Crippen molar-refractivity contribution in [2.75, 3.05) is 24.5 Å². The van der Waals surface area contributed by atoms with E-state index in [4.69, 9.17) is 5.73 Å². The van der Waals surface area contributed by atoms with E-state index < -0.39 is 12.5 Å². The molecule has 2 nitrogen and oxygen atoms in total. The second-order valence-electron chi connectivity index (χ2n) is 3.86. The van der Waals surface area contributed by atoms with E-state index in [-0.39, 0.29) is 6.54 Å². The molecule has 1 aliphatic heterocycles. The SMILES string of the molecule is NCC(F)(F)CN1CCc2ccccc21. The van der Waals surface area contributed by atoms with E-state index >= 15 is 0 Å². The zero-order valence-electron chi connectivity index (χ0n) is 8.42. The Morgan fingerprint density at radius 2 is 2.07 bits per heavy atom. The summed E-state index contributed by atoms with van der Waals surface area (Å²) in [4.78, 5) is 1.71. The second-order valence-corrected chi connectivity index (χ2v) is 3.86. The molecule has 0 saturated carbocycles. The highest BCUT2D eigenvalue weighted by Crippen LogP contribution is 2.29. The number of nitrogens with zero attached hydrogens (tertiary/aromatic N) is 1. The Morgan fingerprint density at radius 1 is 1.33 bits per heavy atom. The summed E-state index contributed by atoms with van der Waals surface area (Å²) in [6.45, 7) is -0.207. The first-order valence-electron chi connectivity index (χ1n) is 5.03. The summed E-state index contributed by atoms with van der Waals surface area (Å²) in [6.07, 6.45) is 0.844. The molecule has 0 bridgehead atoms. The molecular weight excluding hydrogens is 198 g/mol. The highest BCUT2D eigenvalue weighted by molar-refractivity contribution is 5.57. The molecule has 15 heavy (non-hydrogen) atoms. The van der Waals surface area contributed by atoms with E-state index in [1.807, 2.05) is 24.3 Å². The molecule has 1 aliphatic rings. The number of anilines is 1. The molecule has 0 spiro atoms. The lowest BCUT2D eigenvalue weighted by Gasteiger charge is -2.24. The number of rotatable bonds is 3. The molecule has 0 unspecified atom stereocenters. The van der Waals surface area contributed by atoms with E-state index in [1.54, 1.807) is 4.90 Å². The molecule has 1 aromatic rings. The minimum absolute atomic E-state index is 0.277. The summed E-state index contributed by atoms with van der Waals surface area (Å²) >= 11 is 0. The molecule has 2 rings (SSSR count). The average Bonchev–Trinajstić information content (AvgIpc) is 2.62. The Kier molecular flexibility index (Phi) is 2.61. The van der Waals surface area contributed by atoms with Gasteiger partial charge in [0, 0.05) is 12.2 Å². The van der Waals surface area contributed by atoms with Crippen LogP contribution in [0.15, 0.2) is 24.3 Å². The molecule has 0 fully saturated rings. The Balaban J connectivity index is 2.14. The van der Waals surface area contributed by atoms with Crippen molar-refractivity contribution >= 4 is 5.69 Å². The van der Waals surface area contributed by atoms with Crippen LogP contribution in [-0.4, -0.2) is 25.6 Å². The molecule has 0 amide bonds. The molecule has 0 aromatic heterocycles. The lowest BCUT2D eigenvalue weighted by Crippen LogP contribution is -2.41. The zero-order chi connectivity index (χ0) is 10.9. The third-order valence-electron chi connectivity index (χ3n) is 2.70. The maximum atomic E-state index is 13.1. The quantitative estimate of drug-likeness (QED) is 0.825. The van der Waals surface area contributed by atoms with Gasteiger partial charge in [-0.2, -0.15) is 0 Å². The lowest BCUT2D eigenvalue weighted by molar-refractivity contribution is 0.0192. The van der Waals surface area contributed by atoms with Gasteiger partial charge in [0.2, 0.25) is 0 Å². The molecule has 1 aromatic carbocycles. The summed E-state index contributed by atoms with van der Waals surface area (Å²) in [6, 6.07) is 7.67. The topological polar surface area (TPSA) is 29.3 Å². The summed E-state index contributed by atoms with van der Waals surface area (Å²) < 4.78 is 26.3. The maximum Gasteiger partial charge on any atom is 0.277 e. The smallest absolute Gasteiger partial charge is 0.277 e. The predicted octanol–water partition coefficient (Wildman–Crippen LogP) is 1.64. The van der Waals surface area contributed by atoms with Crippen LogP contribution in [-0.2, 0) is 6.42 Å². The van der Waals surface area contributed by atoms with Crippen LogP contribution in [0.2, 0.25) is 0 Å². The van der Waals surface area contributed by atoms with E-state index in [0.717, 1.165) is 17.7 Å². The Morgan fingerprint density at radius 3 is 2.80 bits per heavy atom. The van der Waals surface area contributed by atoms with Gasteiger partial charge in [-0.3, -0.25) is 0 Å². The van der Waals surface area contributed by atoms with Gasteiger partial charge in [-0.05, 0) is 18.1 Å². The lowest BCUT2D eigenvalue weighted by atomic mass is 10.2. The van der Waals surface area contributed by atoms with Crippen LogP contribution in [0.1, 0.15) is 5.56 Å². The van der Waals surface area contributed by atoms with Crippen molar-refractivity contribution in [3.8, 4) is 0 Å². The number of fused-ring (bicyclic) bond motifs is 1. The van der Waals surface area contributed by atoms with Crippen molar-refractivity contribution in [1.82, 2.24) is 0 Å². The molecule has 82 valence electrons. The number of halogens is 2. The number of alkyl halides is 2. The van der Waals surface area contributed by atoms with Crippen molar-refractivity contribution in [1.29, 1.82) is 0 Å². The van der Waals surface area contributed by atoms with Crippen LogP contribution in [0, 0.1) is 0 Å². The summed E-state index contributed by atoms with van der Waals surface area (Å²) in [5.74, 6) is -2.79. The van der Waals surface area contributed by atoms with Crippen molar-refractivity contribution in [2.45, 2.75) is 12.3 Å². The highest BCUT2D eigenvalue weighted by atomic mass is 19.3. The Hall–Kier alpha value is -1.16. The fraction of sp³-hybridized carbons (Fsp3) is 0.455.